The molecule has 1 aromatic heterocycles. The topological polar surface area (TPSA) is 70.3 Å². The summed E-state index contributed by atoms with van der Waals surface area (Å²) in [5.41, 5.74) is 2.25. The van der Waals surface area contributed by atoms with E-state index in [0.717, 1.165) is 11.3 Å². The standard InChI is InChI=1S/C16H17N3O2/c20-15(17-14-8-12(18-19-14)10-6-7-10)9-13-16(21-13)11-4-2-1-3-5-11/h1-5,8,10,13,16H,6-7,9H2,(H2,17,18,19,20). The molecule has 5 nitrogen and oxygen atoms in total. The lowest BCUT2D eigenvalue weighted by molar-refractivity contribution is -0.116. The van der Waals surface area contributed by atoms with E-state index in [4.69, 9.17) is 4.74 Å². The number of ether oxygens (including phenoxy) is 1. The lowest BCUT2D eigenvalue weighted by atomic mass is 10.1. The van der Waals surface area contributed by atoms with Gasteiger partial charge in [-0.15, -0.1) is 0 Å². The Labute approximate surface area is 122 Å². The van der Waals surface area contributed by atoms with E-state index in [-0.39, 0.29) is 18.1 Å². The molecule has 2 unspecified atom stereocenters. The summed E-state index contributed by atoms with van der Waals surface area (Å²) in [5.74, 6) is 1.17. The molecule has 2 aliphatic rings. The van der Waals surface area contributed by atoms with Gasteiger partial charge in [-0.25, -0.2) is 0 Å². The molecule has 2 aromatic rings. The second-order valence-electron chi connectivity index (χ2n) is 5.74. The highest BCUT2D eigenvalue weighted by Crippen LogP contribution is 2.41. The fraction of sp³-hybridized carbons (Fsp3) is 0.375. The molecular formula is C16H17N3O2. The molecule has 2 atom stereocenters. The molecule has 4 rings (SSSR count). The maximum absolute atomic E-state index is 12.0. The van der Waals surface area contributed by atoms with Crippen LogP contribution in [0.5, 0.6) is 0 Å². The van der Waals surface area contributed by atoms with Gasteiger partial charge in [0.2, 0.25) is 5.91 Å². The number of hydrogen-bond acceptors (Lipinski definition) is 3. The van der Waals surface area contributed by atoms with Gasteiger partial charge in [0.05, 0.1) is 12.5 Å². The first kappa shape index (κ1) is 12.6. The predicted molar refractivity (Wildman–Crippen MR) is 77.9 cm³/mol. The molecule has 1 aromatic carbocycles. The molecule has 0 spiro atoms. The van der Waals surface area contributed by atoms with Gasteiger partial charge in [-0.1, -0.05) is 30.3 Å². The van der Waals surface area contributed by atoms with E-state index in [9.17, 15) is 4.79 Å². The molecule has 5 heteroatoms. The van der Waals surface area contributed by atoms with Crippen LogP contribution < -0.4 is 5.32 Å². The van der Waals surface area contributed by atoms with E-state index < -0.39 is 0 Å². The molecule has 2 N–H and O–H groups in total. The Morgan fingerprint density at radius 2 is 2.14 bits per heavy atom. The van der Waals surface area contributed by atoms with Crippen molar-refractivity contribution in [2.24, 2.45) is 0 Å². The number of carbonyl (C=O) groups excluding carboxylic acids is 1. The molecule has 0 bridgehead atoms. The third kappa shape index (κ3) is 2.83. The molecule has 21 heavy (non-hydrogen) atoms. The lowest BCUT2D eigenvalue weighted by Crippen LogP contribution is -2.14. The van der Waals surface area contributed by atoms with Crippen molar-refractivity contribution in [3.05, 3.63) is 47.7 Å². The lowest BCUT2D eigenvalue weighted by Gasteiger charge is -1.99. The number of aromatic amines is 1. The number of nitrogens with one attached hydrogen (secondary N) is 2. The minimum Gasteiger partial charge on any atom is -0.364 e. The molecule has 1 aliphatic heterocycles. The Bertz CT molecular complexity index is 649. The summed E-state index contributed by atoms with van der Waals surface area (Å²) in [5, 5.41) is 9.93. The molecule has 0 radical (unpaired) electrons. The van der Waals surface area contributed by atoms with Crippen molar-refractivity contribution in [1.29, 1.82) is 0 Å². The number of benzene rings is 1. The van der Waals surface area contributed by atoms with Gasteiger partial charge in [0.25, 0.3) is 0 Å². The zero-order valence-electron chi connectivity index (χ0n) is 11.6. The van der Waals surface area contributed by atoms with Gasteiger partial charge in [-0.05, 0) is 18.4 Å². The Morgan fingerprint density at radius 3 is 2.90 bits per heavy atom. The smallest absolute Gasteiger partial charge is 0.228 e. The van der Waals surface area contributed by atoms with Crippen LogP contribution >= 0.6 is 0 Å². The number of anilines is 1. The van der Waals surface area contributed by atoms with Crippen molar-refractivity contribution in [2.75, 3.05) is 5.32 Å². The van der Waals surface area contributed by atoms with Crippen molar-refractivity contribution in [3.63, 3.8) is 0 Å². The molecule has 1 saturated heterocycles. The van der Waals surface area contributed by atoms with Crippen LogP contribution in [0.2, 0.25) is 0 Å². The van der Waals surface area contributed by atoms with Crippen LogP contribution in [0.25, 0.3) is 0 Å². The summed E-state index contributed by atoms with van der Waals surface area (Å²) in [7, 11) is 0. The highest BCUT2D eigenvalue weighted by atomic mass is 16.6. The fourth-order valence-electron chi connectivity index (χ4n) is 2.61. The SMILES string of the molecule is O=C(CC1OC1c1ccccc1)Nc1cc(C2CC2)[nH]n1. The number of carbonyl (C=O) groups is 1. The van der Waals surface area contributed by atoms with Crippen LogP contribution in [-0.2, 0) is 9.53 Å². The van der Waals surface area contributed by atoms with E-state index in [1.165, 1.54) is 12.8 Å². The highest BCUT2D eigenvalue weighted by molar-refractivity contribution is 5.90. The van der Waals surface area contributed by atoms with Crippen molar-refractivity contribution in [3.8, 4) is 0 Å². The minimum atomic E-state index is -0.0488. The van der Waals surface area contributed by atoms with E-state index in [1.54, 1.807) is 0 Å². The summed E-state index contributed by atoms with van der Waals surface area (Å²) in [6.07, 6.45) is 2.83. The van der Waals surface area contributed by atoms with Crippen LogP contribution in [0.1, 0.15) is 42.5 Å². The highest BCUT2D eigenvalue weighted by Gasteiger charge is 2.41. The third-order valence-corrected chi connectivity index (χ3v) is 3.98. The van der Waals surface area contributed by atoms with Gasteiger partial charge < -0.3 is 10.1 Å². The average molecular weight is 283 g/mol. The number of epoxide rings is 1. The molecule has 1 aliphatic carbocycles. The first-order valence-corrected chi connectivity index (χ1v) is 7.35. The quantitative estimate of drug-likeness (QED) is 0.829. The van der Waals surface area contributed by atoms with Crippen molar-refractivity contribution >= 4 is 11.7 Å². The summed E-state index contributed by atoms with van der Waals surface area (Å²) >= 11 is 0. The summed E-state index contributed by atoms with van der Waals surface area (Å²) < 4.78 is 5.58. The first-order valence-electron chi connectivity index (χ1n) is 7.35. The Hall–Kier alpha value is -2.14. The van der Waals surface area contributed by atoms with Gasteiger partial charge in [-0.2, -0.15) is 5.10 Å². The van der Waals surface area contributed by atoms with E-state index in [0.29, 0.717) is 18.2 Å². The third-order valence-electron chi connectivity index (χ3n) is 3.98. The Balaban J connectivity index is 1.30. The van der Waals surface area contributed by atoms with Crippen molar-refractivity contribution < 1.29 is 9.53 Å². The maximum atomic E-state index is 12.0. The number of amides is 1. The normalized spacial score (nSPS) is 23.8. The molecule has 108 valence electrons. The van der Waals surface area contributed by atoms with E-state index in [2.05, 4.69) is 15.5 Å². The Morgan fingerprint density at radius 1 is 1.33 bits per heavy atom. The van der Waals surface area contributed by atoms with Crippen LogP contribution in [0.15, 0.2) is 36.4 Å². The fourth-order valence-corrected chi connectivity index (χ4v) is 2.61. The monoisotopic (exact) mass is 283 g/mol. The summed E-state index contributed by atoms with van der Waals surface area (Å²) in [6.45, 7) is 0. The average Bonchev–Trinajstić information content (AvgIpc) is 3.41. The molecular weight excluding hydrogens is 266 g/mol. The first-order chi connectivity index (χ1) is 10.3. The number of H-pyrrole nitrogens is 1. The second-order valence-corrected chi connectivity index (χ2v) is 5.74. The summed E-state index contributed by atoms with van der Waals surface area (Å²) in [6, 6.07) is 11.9. The van der Waals surface area contributed by atoms with Crippen LogP contribution in [-0.4, -0.2) is 22.2 Å². The van der Waals surface area contributed by atoms with Gasteiger partial charge >= 0.3 is 0 Å². The molecule has 1 saturated carbocycles. The number of hydrogen-bond donors (Lipinski definition) is 2. The second kappa shape index (κ2) is 5.00. The van der Waals surface area contributed by atoms with Crippen molar-refractivity contribution in [2.45, 2.75) is 37.4 Å². The zero-order valence-corrected chi connectivity index (χ0v) is 11.6. The molecule has 1 amide bonds. The number of rotatable bonds is 5. The predicted octanol–water partition coefficient (Wildman–Crippen LogP) is 2.76. The van der Waals surface area contributed by atoms with Gasteiger partial charge in [0, 0.05) is 17.7 Å². The number of nitrogens with zero attached hydrogens (tertiary/aromatic N) is 1. The van der Waals surface area contributed by atoms with Crippen LogP contribution in [0, 0.1) is 0 Å². The summed E-state index contributed by atoms with van der Waals surface area (Å²) in [4.78, 5) is 12.0. The van der Waals surface area contributed by atoms with E-state index >= 15 is 0 Å². The van der Waals surface area contributed by atoms with Crippen molar-refractivity contribution in [1.82, 2.24) is 10.2 Å². The largest absolute Gasteiger partial charge is 0.364 e. The molecule has 2 heterocycles. The van der Waals surface area contributed by atoms with Gasteiger partial charge in [-0.3, -0.25) is 9.89 Å². The van der Waals surface area contributed by atoms with Crippen LogP contribution in [0.3, 0.4) is 0 Å². The van der Waals surface area contributed by atoms with E-state index in [1.807, 2.05) is 36.4 Å². The Kier molecular flexibility index (Phi) is 3.00. The molecule has 2 fully saturated rings. The van der Waals surface area contributed by atoms with Crippen LogP contribution in [0.4, 0.5) is 5.82 Å². The minimum absolute atomic E-state index is 0.0192. The van der Waals surface area contributed by atoms with Gasteiger partial charge in [0.1, 0.15) is 6.10 Å². The van der Waals surface area contributed by atoms with Gasteiger partial charge in [0.15, 0.2) is 5.82 Å². The number of aromatic nitrogens is 2. The zero-order chi connectivity index (χ0) is 14.2. The maximum Gasteiger partial charge on any atom is 0.228 e.